The predicted octanol–water partition coefficient (Wildman–Crippen LogP) is 2.77. The van der Waals surface area contributed by atoms with E-state index in [9.17, 15) is 0 Å². The number of benzene rings is 1. The second-order valence-electron chi connectivity index (χ2n) is 4.81. The van der Waals surface area contributed by atoms with Gasteiger partial charge in [-0.05, 0) is 37.5 Å². The molecule has 1 fully saturated rings. The highest BCUT2D eigenvalue weighted by atomic mass is 15.3. The molecule has 0 saturated heterocycles. The summed E-state index contributed by atoms with van der Waals surface area (Å²) in [4.78, 5) is 0. The normalized spacial score (nSPS) is 17.1. The van der Waals surface area contributed by atoms with E-state index in [0.717, 1.165) is 11.3 Å². The summed E-state index contributed by atoms with van der Waals surface area (Å²) in [6, 6.07) is 10.3. The van der Waals surface area contributed by atoms with E-state index in [1.807, 2.05) is 29.9 Å². The molecule has 1 aromatic carbocycles. The lowest BCUT2D eigenvalue weighted by atomic mass is 10.1. The molecule has 0 aliphatic heterocycles. The average molecular weight is 227 g/mol. The van der Waals surface area contributed by atoms with E-state index in [4.69, 9.17) is 5.73 Å². The molecule has 1 aromatic heterocycles. The Kier molecular flexibility index (Phi) is 2.48. The summed E-state index contributed by atoms with van der Waals surface area (Å²) < 4.78 is 1.95. The molecule has 1 aliphatic carbocycles. The van der Waals surface area contributed by atoms with Crippen molar-refractivity contribution in [2.45, 2.75) is 31.7 Å². The van der Waals surface area contributed by atoms with E-state index < -0.39 is 0 Å². The molecular weight excluding hydrogens is 210 g/mol. The number of nitrogens with zero attached hydrogens (tertiary/aromatic N) is 2. The lowest BCUT2D eigenvalue weighted by Crippen LogP contribution is -2.10. The molecule has 1 heterocycles. The van der Waals surface area contributed by atoms with Crippen LogP contribution in [0.4, 0.5) is 0 Å². The van der Waals surface area contributed by atoms with Gasteiger partial charge in [-0.2, -0.15) is 5.10 Å². The summed E-state index contributed by atoms with van der Waals surface area (Å²) in [5, 5.41) is 4.65. The molecule has 0 unspecified atom stereocenters. The number of hydrogen-bond donors (Lipinski definition) is 1. The second-order valence-corrected chi connectivity index (χ2v) is 4.81. The number of hydrogen-bond acceptors (Lipinski definition) is 2. The molecule has 3 heteroatoms. The zero-order valence-corrected chi connectivity index (χ0v) is 10.0. The van der Waals surface area contributed by atoms with Crippen molar-refractivity contribution >= 4 is 0 Å². The SMILES string of the molecule is C[C@@H](N)c1ccccc1-n1ccc(C2CC2)n1. The fourth-order valence-electron chi connectivity index (χ4n) is 2.15. The topological polar surface area (TPSA) is 43.8 Å². The van der Waals surface area contributed by atoms with E-state index >= 15 is 0 Å². The highest BCUT2D eigenvalue weighted by Crippen LogP contribution is 2.39. The maximum atomic E-state index is 5.99. The first-order valence-electron chi connectivity index (χ1n) is 6.16. The van der Waals surface area contributed by atoms with Crippen LogP contribution in [0, 0.1) is 0 Å². The van der Waals surface area contributed by atoms with Gasteiger partial charge in [-0.15, -0.1) is 0 Å². The monoisotopic (exact) mass is 227 g/mol. The van der Waals surface area contributed by atoms with Crippen molar-refractivity contribution in [2.24, 2.45) is 5.73 Å². The van der Waals surface area contributed by atoms with Crippen molar-refractivity contribution in [3.8, 4) is 5.69 Å². The van der Waals surface area contributed by atoms with Gasteiger partial charge in [0.1, 0.15) is 0 Å². The third-order valence-corrected chi connectivity index (χ3v) is 3.28. The Bertz CT molecular complexity index is 524. The summed E-state index contributed by atoms with van der Waals surface area (Å²) >= 11 is 0. The Morgan fingerprint density at radius 3 is 2.76 bits per heavy atom. The van der Waals surface area contributed by atoms with E-state index in [1.165, 1.54) is 18.5 Å². The minimum Gasteiger partial charge on any atom is -0.324 e. The van der Waals surface area contributed by atoms with Crippen LogP contribution in [-0.4, -0.2) is 9.78 Å². The minimum atomic E-state index is 0.0276. The van der Waals surface area contributed by atoms with Crippen LogP contribution in [-0.2, 0) is 0 Å². The summed E-state index contributed by atoms with van der Waals surface area (Å²) in [5.41, 5.74) is 9.43. The lowest BCUT2D eigenvalue weighted by molar-refractivity contribution is 0.771. The quantitative estimate of drug-likeness (QED) is 0.876. The molecule has 0 radical (unpaired) electrons. The molecule has 0 spiro atoms. The van der Waals surface area contributed by atoms with Gasteiger partial charge < -0.3 is 5.73 Å². The van der Waals surface area contributed by atoms with Crippen LogP contribution in [0.25, 0.3) is 5.69 Å². The Morgan fingerprint density at radius 1 is 1.29 bits per heavy atom. The number of aromatic nitrogens is 2. The molecular formula is C14H17N3. The van der Waals surface area contributed by atoms with Crippen molar-refractivity contribution in [1.29, 1.82) is 0 Å². The molecule has 0 bridgehead atoms. The molecule has 0 amide bonds. The zero-order valence-electron chi connectivity index (χ0n) is 10.0. The van der Waals surface area contributed by atoms with Gasteiger partial charge in [0.2, 0.25) is 0 Å². The van der Waals surface area contributed by atoms with Crippen molar-refractivity contribution in [3.63, 3.8) is 0 Å². The van der Waals surface area contributed by atoms with Gasteiger partial charge in [0, 0.05) is 18.2 Å². The molecule has 2 aromatic rings. The molecule has 17 heavy (non-hydrogen) atoms. The van der Waals surface area contributed by atoms with Gasteiger partial charge in [0.05, 0.1) is 11.4 Å². The zero-order chi connectivity index (χ0) is 11.8. The van der Waals surface area contributed by atoms with Crippen molar-refractivity contribution in [1.82, 2.24) is 9.78 Å². The van der Waals surface area contributed by atoms with Gasteiger partial charge in [-0.3, -0.25) is 0 Å². The summed E-state index contributed by atoms with van der Waals surface area (Å²) in [6.07, 6.45) is 4.60. The molecule has 2 N–H and O–H groups in total. The molecule has 88 valence electrons. The molecule has 1 saturated carbocycles. The van der Waals surface area contributed by atoms with Crippen LogP contribution >= 0.6 is 0 Å². The predicted molar refractivity (Wildman–Crippen MR) is 68.1 cm³/mol. The first-order chi connectivity index (χ1) is 8.25. The summed E-state index contributed by atoms with van der Waals surface area (Å²) in [7, 11) is 0. The Balaban J connectivity index is 2.01. The van der Waals surface area contributed by atoms with Crippen molar-refractivity contribution < 1.29 is 0 Å². The van der Waals surface area contributed by atoms with Gasteiger partial charge in [0.25, 0.3) is 0 Å². The van der Waals surface area contributed by atoms with Crippen LogP contribution in [0.2, 0.25) is 0 Å². The maximum Gasteiger partial charge on any atom is 0.0693 e. The smallest absolute Gasteiger partial charge is 0.0693 e. The Labute approximate surface area is 101 Å². The highest BCUT2D eigenvalue weighted by molar-refractivity contribution is 5.42. The summed E-state index contributed by atoms with van der Waals surface area (Å²) in [6.45, 7) is 2.00. The molecule has 3 rings (SSSR count). The highest BCUT2D eigenvalue weighted by Gasteiger charge is 2.26. The second kappa shape index (κ2) is 4.00. The fourth-order valence-corrected chi connectivity index (χ4v) is 2.15. The molecule has 3 nitrogen and oxygen atoms in total. The Hall–Kier alpha value is -1.61. The van der Waals surface area contributed by atoms with Crippen molar-refractivity contribution in [3.05, 3.63) is 47.8 Å². The van der Waals surface area contributed by atoms with Gasteiger partial charge in [0.15, 0.2) is 0 Å². The average Bonchev–Trinajstić information content (AvgIpc) is 3.07. The van der Waals surface area contributed by atoms with Crippen LogP contribution in [0.5, 0.6) is 0 Å². The maximum absolute atomic E-state index is 5.99. The molecule has 1 atom stereocenters. The number of rotatable bonds is 3. The number of nitrogens with two attached hydrogens (primary N) is 1. The molecule has 1 aliphatic rings. The van der Waals surface area contributed by atoms with Crippen LogP contribution < -0.4 is 5.73 Å². The fraction of sp³-hybridized carbons (Fsp3) is 0.357. The van der Waals surface area contributed by atoms with E-state index in [2.05, 4.69) is 23.3 Å². The number of para-hydroxylation sites is 1. The largest absolute Gasteiger partial charge is 0.324 e. The van der Waals surface area contributed by atoms with E-state index in [1.54, 1.807) is 0 Å². The lowest BCUT2D eigenvalue weighted by Gasteiger charge is -2.12. The van der Waals surface area contributed by atoms with Gasteiger partial charge in [-0.1, -0.05) is 18.2 Å². The van der Waals surface area contributed by atoms with Gasteiger partial charge in [-0.25, -0.2) is 4.68 Å². The standard InChI is InChI=1S/C14H17N3/c1-10(15)12-4-2-3-5-14(12)17-9-8-13(16-17)11-6-7-11/h2-5,8-11H,6-7,15H2,1H3/t10-/m1/s1. The summed E-state index contributed by atoms with van der Waals surface area (Å²) in [5.74, 6) is 0.693. The van der Waals surface area contributed by atoms with Crippen molar-refractivity contribution in [2.75, 3.05) is 0 Å². The van der Waals surface area contributed by atoms with Crippen LogP contribution in [0.1, 0.15) is 43.0 Å². The van der Waals surface area contributed by atoms with Crippen LogP contribution in [0.3, 0.4) is 0 Å². The first kappa shape index (κ1) is 10.5. The minimum absolute atomic E-state index is 0.0276. The van der Waals surface area contributed by atoms with Gasteiger partial charge >= 0.3 is 0 Å². The third-order valence-electron chi connectivity index (χ3n) is 3.28. The third kappa shape index (κ3) is 1.98. The Morgan fingerprint density at radius 2 is 2.06 bits per heavy atom. The van der Waals surface area contributed by atoms with Crippen LogP contribution in [0.15, 0.2) is 36.5 Å². The first-order valence-corrected chi connectivity index (χ1v) is 6.16. The van der Waals surface area contributed by atoms with E-state index in [0.29, 0.717) is 5.92 Å². The van der Waals surface area contributed by atoms with E-state index in [-0.39, 0.29) is 6.04 Å².